The molecule has 0 bridgehead atoms. The van der Waals surface area contributed by atoms with Crippen LogP contribution >= 0.6 is 0 Å². The van der Waals surface area contributed by atoms with Gasteiger partial charge < -0.3 is 15.2 Å². The predicted octanol–water partition coefficient (Wildman–Crippen LogP) is 1.19. The molecule has 1 amide bonds. The maximum atomic E-state index is 12.3. The molecular weight excluding hydrogens is 336 g/mol. The first kappa shape index (κ1) is 20.3. The summed E-state index contributed by atoms with van der Waals surface area (Å²) in [4.78, 5) is 31.3. The molecule has 2 fully saturated rings. The zero-order valence-electron chi connectivity index (χ0n) is 15.2. The number of hydrogen-bond acceptors (Lipinski definition) is 6. The number of hydrogen-bond donors (Lipinski definition) is 2. The lowest BCUT2D eigenvalue weighted by atomic mass is 9.88. The molecule has 2 aliphatic heterocycles. The minimum atomic E-state index is -0.250. The van der Waals surface area contributed by atoms with E-state index in [1.54, 1.807) is 12.4 Å². The molecular formula is C18H28N4O4. The molecule has 2 aliphatic rings. The number of carboxylic acid groups (broad SMARTS) is 1. The third-order valence-corrected chi connectivity index (χ3v) is 5.11. The van der Waals surface area contributed by atoms with Gasteiger partial charge in [-0.1, -0.05) is 13.3 Å². The Morgan fingerprint density at radius 3 is 2.73 bits per heavy atom. The van der Waals surface area contributed by atoms with Crippen LogP contribution in [0, 0.1) is 5.92 Å². The van der Waals surface area contributed by atoms with Gasteiger partial charge in [-0.15, -0.1) is 0 Å². The number of amides is 1. The maximum Gasteiger partial charge on any atom is 0.290 e. The van der Waals surface area contributed by atoms with Crippen LogP contribution in [0.25, 0.3) is 0 Å². The van der Waals surface area contributed by atoms with Crippen LogP contribution in [0.3, 0.4) is 0 Å². The average Bonchev–Trinajstić information content (AvgIpc) is 2.70. The smallest absolute Gasteiger partial charge is 0.290 e. The minimum Gasteiger partial charge on any atom is -0.483 e. The second kappa shape index (κ2) is 10.8. The van der Waals surface area contributed by atoms with E-state index in [0.29, 0.717) is 17.7 Å². The SMILES string of the molecule is CC[C@@H]1CN(C2CCOCC2)CC[C@@H]1NC(=O)c1cnccn1.O=CO. The Hall–Kier alpha value is -2.06. The number of carbonyl (C=O) groups excluding carboxylic acids is 1. The average molecular weight is 364 g/mol. The van der Waals surface area contributed by atoms with Crippen molar-refractivity contribution in [2.24, 2.45) is 5.92 Å². The molecule has 0 aromatic carbocycles. The van der Waals surface area contributed by atoms with Gasteiger partial charge in [-0.25, -0.2) is 4.98 Å². The molecule has 0 aliphatic carbocycles. The number of likely N-dealkylation sites (tertiary alicyclic amines) is 1. The monoisotopic (exact) mass is 364 g/mol. The highest BCUT2D eigenvalue weighted by Gasteiger charge is 2.33. The first-order valence-electron chi connectivity index (χ1n) is 9.16. The van der Waals surface area contributed by atoms with Crippen LogP contribution in [0.1, 0.15) is 43.1 Å². The first-order valence-corrected chi connectivity index (χ1v) is 9.16. The van der Waals surface area contributed by atoms with Crippen molar-refractivity contribution >= 4 is 12.4 Å². The van der Waals surface area contributed by atoms with Gasteiger partial charge in [-0.3, -0.25) is 19.5 Å². The number of ether oxygens (including phenoxy) is 1. The van der Waals surface area contributed by atoms with Gasteiger partial charge in [0.1, 0.15) is 5.69 Å². The quantitative estimate of drug-likeness (QED) is 0.773. The third kappa shape index (κ3) is 5.74. The number of nitrogens with one attached hydrogen (secondary N) is 1. The summed E-state index contributed by atoms with van der Waals surface area (Å²) in [5, 5.41) is 10.1. The van der Waals surface area contributed by atoms with Crippen molar-refractivity contribution in [2.75, 3.05) is 26.3 Å². The molecule has 0 saturated carbocycles. The van der Waals surface area contributed by atoms with E-state index >= 15 is 0 Å². The molecule has 26 heavy (non-hydrogen) atoms. The predicted molar refractivity (Wildman–Crippen MR) is 95.8 cm³/mol. The number of rotatable bonds is 4. The molecule has 1 aromatic rings. The Balaban J connectivity index is 0.000000758. The van der Waals surface area contributed by atoms with Crippen LogP contribution < -0.4 is 5.32 Å². The minimum absolute atomic E-state index is 0.110. The molecule has 0 spiro atoms. The standard InChI is InChI=1S/C17H26N4O2.CH2O2/c1-2-13-12-21(14-4-9-23-10-5-14)8-3-15(13)20-17(22)16-11-18-6-7-19-16;2-1-3/h6-7,11,13-15H,2-5,8-10,12H2,1H3,(H,20,22);1H,(H,2,3)/t13-,15+;/m1./s1. The second-order valence-corrected chi connectivity index (χ2v) is 6.57. The van der Waals surface area contributed by atoms with Crippen molar-refractivity contribution in [3.05, 3.63) is 24.3 Å². The molecule has 0 unspecified atom stereocenters. The molecule has 2 saturated heterocycles. The zero-order chi connectivity index (χ0) is 18.8. The van der Waals surface area contributed by atoms with Crippen LogP contribution in [0.15, 0.2) is 18.6 Å². The fraction of sp³-hybridized carbons (Fsp3) is 0.667. The van der Waals surface area contributed by atoms with Crippen molar-refractivity contribution in [3.63, 3.8) is 0 Å². The van der Waals surface area contributed by atoms with Crippen molar-refractivity contribution in [2.45, 2.75) is 44.7 Å². The molecule has 3 heterocycles. The van der Waals surface area contributed by atoms with Crippen LogP contribution in [-0.4, -0.2) is 70.7 Å². The summed E-state index contributed by atoms with van der Waals surface area (Å²) in [6.45, 7) is 5.83. The summed E-state index contributed by atoms with van der Waals surface area (Å²) >= 11 is 0. The highest BCUT2D eigenvalue weighted by molar-refractivity contribution is 5.92. The summed E-state index contributed by atoms with van der Waals surface area (Å²) in [5.74, 6) is 0.383. The summed E-state index contributed by atoms with van der Waals surface area (Å²) in [6, 6.07) is 0.875. The summed E-state index contributed by atoms with van der Waals surface area (Å²) < 4.78 is 5.47. The van der Waals surface area contributed by atoms with E-state index in [4.69, 9.17) is 14.6 Å². The molecule has 3 rings (SSSR count). The highest BCUT2D eigenvalue weighted by atomic mass is 16.5. The largest absolute Gasteiger partial charge is 0.483 e. The Labute approximate surface area is 154 Å². The van der Waals surface area contributed by atoms with Crippen LogP contribution in [0.2, 0.25) is 0 Å². The van der Waals surface area contributed by atoms with E-state index in [1.165, 1.54) is 6.20 Å². The molecule has 8 heteroatoms. The first-order chi connectivity index (χ1) is 12.7. The fourth-order valence-corrected chi connectivity index (χ4v) is 3.70. The van der Waals surface area contributed by atoms with E-state index in [2.05, 4.69) is 27.1 Å². The van der Waals surface area contributed by atoms with E-state index < -0.39 is 0 Å². The van der Waals surface area contributed by atoms with Gasteiger partial charge >= 0.3 is 0 Å². The van der Waals surface area contributed by atoms with Gasteiger partial charge in [-0.2, -0.15) is 0 Å². The lowest BCUT2D eigenvalue weighted by Gasteiger charge is -2.43. The highest BCUT2D eigenvalue weighted by Crippen LogP contribution is 2.25. The van der Waals surface area contributed by atoms with Crippen molar-refractivity contribution in [3.8, 4) is 0 Å². The molecule has 0 radical (unpaired) electrons. The van der Waals surface area contributed by atoms with Crippen molar-refractivity contribution in [1.82, 2.24) is 20.2 Å². The van der Waals surface area contributed by atoms with Crippen LogP contribution in [0.5, 0.6) is 0 Å². The van der Waals surface area contributed by atoms with Crippen LogP contribution in [0.4, 0.5) is 0 Å². The summed E-state index contributed by atoms with van der Waals surface area (Å²) in [6.07, 6.45) is 9.00. The number of nitrogens with zero attached hydrogens (tertiary/aromatic N) is 3. The Morgan fingerprint density at radius 2 is 2.12 bits per heavy atom. The van der Waals surface area contributed by atoms with E-state index in [9.17, 15) is 4.79 Å². The third-order valence-electron chi connectivity index (χ3n) is 5.11. The fourth-order valence-electron chi connectivity index (χ4n) is 3.70. The van der Waals surface area contributed by atoms with Gasteiger partial charge in [0.25, 0.3) is 12.4 Å². The molecule has 1 aromatic heterocycles. The van der Waals surface area contributed by atoms with E-state index in [0.717, 1.165) is 52.0 Å². The second-order valence-electron chi connectivity index (χ2n) is 6.57. The molecule has 8 nitrogen and oxygen atoms in total. The number of piperidine rings is 1. The van der Waals surface area contributed by atoms with Crippen molar-refractivity contribution < 1.29 is 19.4 Å². The van der Waals surface area contributed by atoms with Gasteiger partial charge in [0.05, 0.1) is 6.20 Å². The van der Waals surface area contributed by atoms with Gasteiger partial charge in [0.2, 0.25) is 0 Å². The normalized spacial score (nSPS) is 24.2. The van der Waals surface area contributed by atoms with Gasteiger partial charge in [0.15, 0.2) is 0 Å². The van der Waals surface area contributed by atoms with E-state index in [1.807, 2.05) is 0 Å². The molecule has 2 atom stereocenters. The Kier molecular flexibility index (Phi) is 8.43. The topological polar surface area (TPSA) is 105 Å². The van der Waals surface area contributed by atoms with Gasteiger partial charge in [-0.05, 0) is 25.2 Å². The zero-order valence-corrected chi connectivity index (χ0v) is 15.2. The molecule has 144 valence electrons. The van der Waals surface area contributed by atoms with Crippen molar-refractivity contribution in [1.29, 1.82) is 0 Å². The summed E-state index contributed by atoms with van der Waals surface area (Å²) in [5.41, 5.74) is 0.397. The maximum absolute atomic E-state index is 12.3. The number of carbonyl (C=O) groups is 2. The van der Waals surface area contributed by atoms with E-state index in [-0.39, 0.29) is 18.4 Å². The van der Waals surface area contributed by atoms with Crippen LogP contribution in [-0.2, 0) is 9.53 Å². The summed E-state index contributed by atoms with van der Waals surface area (Å²) in [7, 11) is 0. The Morgan fingerprint density at radius 1 is 1.38 bits per heavy atom. The lowest BCUT2D eigenvalue weighted by Crippen LogP contribution is -2.54. The number of aromatic nitrogens is 2. The van der Waals surface area contributed by atoms with Gasteiger partial charge in [0, 0.05) is 50.8 Å². The molecule has 2 N–H and O–H groups in total. The Bertz CT molecular complexity index is 551. The lowest BCUT2D eigenvalue weighted by molar-refractivity contribution is -0.122.